The minimum absolute atomic E-state index is 0.0381. The summed E-state index contributed by atoms with van der Waals surface area (Å²) in [6, 6.07) is 10.0. The zero-order chi connectivity index (χ0) is 21.4. The summed E-state index contributed by atoms with van der Waals surface area (Å²) in [6.07, 6.45) is 3.80. The number of ether oxygens (including phenoxy) is 1. The monoisotopic (exact) mass is 449 g/mol. The van der Waals surface area contributed by atoms with Crippen LogP contribution in [0.15, 0.2) is 51.1 Å². The van der Waals surface area contributed by atoms with Crippen LogP contribution in [0.3, 0.4) is 0 Å². The van der Waals surface area contributed by atoms with Gasteiger partial charge in [-0.25, -0.2) is 21.6 Å². The van der Waals surface area contributed by atoms with Crippen LogP contribution in [0, 0.1) is 12.8 Å². The van der Waals surface area contributed by atoms with Gasteiger partial charge in [0, 0.05) is 19.8 Å². The lowest BCUT2D eigenvalue weighted by Gasteiger charge is -2.22. The highest BCUT2D eigenvalue weighted by Gasteiger charge is 2.30. The molecule has 0 unspecified atom stereocenters. The van der Waals surface area contributed by atoms with Gasteiger partial charge in [-0.05, 0) is 73.8 Å². The van der Waals surface area contributed by atoms with Gasteiger partial charge in [0.1, 0.15) is 0 Å². The molecule has 2 aliphatic rings. The third-order valence-electron chi connectivity index (χ3n) is 6.05. The van der Waals surface area contributed by atoms with Crippen LogP contribution < -0.4 is 4.72 Å². The molecular formula is C22H27NO5S2. The van der Waals surface area contributed by atoms with Gasteiger partial charge in [-0.3, -0.25) is 0 Å². The van der Waals surface area contributed by atoms with Crippen molar-refractivity contribution in [2.45, 2.75) is 53.7 Å². The molecule has 6 nitrogen and oxygen atoms in total. The molecule has 30 heavy (non-hydrogen) atoms. The van der Waals surface area contributed by atoms with Crippen molar-refractivity contribution in [3.63, 3.8) is 0 Å². The van der Waals surface area contributed by atoms with E-state index in [9.17, 15) is 16.8 Å². The van der Waals surface area contributed by atoms with Crippen LogP contribution in [0.4, 0.5) is 0 Å². The summed E-state index contributed by atoms with van der Waals surface area (Å²) in [4.78, 5) is 0.405. The van der Waals surface area contributed by atoms with E-state index in [1.165, 1.54) is 6.07 Å². The minimum atomic E-state index is -3.81. The Hall–Kier alpha value is -1.74. The number of sulfone groups is 1. The average Bonchev–Trinajstić information content (AvgIpc) is 2.82. The third-order valence-corrected chi connectivity index (χ3v) is 9.59. The van der Waals surface area contributed by atoms with E-state index in [2.05, 4.69) is 4.72 Å². The minimum Gasteiger partial charge on any atom is -0.381 e. The number of nitrogens with one attached hydrogen (secondary N) is 1. The van der Waals surface area contributed by atoms with Gasteiger partial charge in [0.05, 0.1) is 14.7 Å². The number of fused-ring (bicyclic) bond motifs is 2. The smallest absolute Gasteiger partial charge is 0.240 e. The molecule has 0 aliphatic carbocycles. The molecule has 4 rings (SSSR count). The van der Waals surface area contributed by atoms with E-state index in [0.717, 1.165) is 38.0 Å². The van der Waals surface area contributed by atoms with Gasteiger partial charge < -0.3 is 4.74 Å². The van der Waals surface area contributed by atoms with Gasteiger partial charge in [0.15, 0.2) is 0 Å². The SMILES string of the molecule is Cc1cc2c(cc1S(=O)(=O)NCCC1CCOCC1)S(=O)(=O)c1ccccc1CC2. The van der Waals surface area contributed by atoms with Gasteiger partial charge >= 0.3 is 0 Å². The van der Waals surface area contributed by atoms with E-state index in [4.69, 9.17) is 4.74 Å². The molecule has 0 saturated carbocycles. The van der Waals surface area contributed by atoms with Crippen molar-refractivity contribution in [2.24, 2.45) is 5.92 Å². The molecule has 162 valence electrons. The lowest BCUT2D eigenvalue weighted by molar-refractivity contribution is 0.0644. The van der Waals surface area contributed by atoms with Gasteiger partial charge in [0.2, 0.25) is 19.9 Å². The van der Waals surface area contributed by atoms with E-state index >= 15 is 0 Å². The van der Waals surface area contributed by atoms with Gasteiger partial charge in [0.25, 0.3) is 0 Å². The Morgan fingerprint density at radius 1 is 1.03 bits per heavy atom. The number of aryl methyl sites for hydroxylation is 3. The van der Waals surface area contributed by atoms with Crippen molar-refractivity contribution in [1.29, 1.82) is 0 Å². The molecule has 0 radical (unpaired) electrons. The maximum Gasteiger partial charge on any atom is 0.240 e. The summed E-state index contributed by atoms with van der Waals surface area (Å²) in [7, 11) is -7.59. The van der Waals surface area contributed by atoms with E-state index < -0.39 is 19.9 Å². The van der Waals surface area contributed by atoms with E-state index in [1.54, 1.807) is 25.1 Å². The topological polar surface area (TPSA) is 89.5 Å². The zero-order valence-corrected chi connectivity index (χ0v) is 18.7. The van der Waals surface area contributed by atoms with E-state index in [1.807, 2.05) is 12.1 Å². The van der Waals surface area contributed by atoms with Crippen LogP contribution in [0.5, 0.6) is 0 Å². The summed E-state index contributed by atoms with van der Waals surface area (Å²) < 4.78 is 60.6. The molecule has 0 bridgehead atoms. The fraction of sp³-hybridized carbons (Fsp3) is 0.455. The predicted octanol–water partition coefficient (Wildman–Crippen LogP) is 3.02. The Morgan fingerprint density at radius 2 is 1.73 bits per heavy atom. The van der Waals surface area contributed by atoms with Crippen LogP contribution in [-0.4, -0.2) is 36.6 Å². The predicted molar refractivity (Wildman–Crippen MR) is 114 cm³/mol. The van der Waals surface area contributed by atoms with Crippen LogP contribution >= 0.6 is 0 Å². The normalized spacial score (nSPS) is 19.0. The van der Waals surface area contributed by atoms with Crippen molar-refractivity contribution >= 4 is 19.9 Å². The highest BCUT2D eigenvalue weighted by atomic mass is 32.2. The molecule has 2 aromatic carbocycles. The van der Waals surface area contributed by atoms with E-state index in [0.29, 0.717) is 36.4 Å². The summed E-state index contributed by atoms with van der Waals surface area (Å²) in [6.45, 7) is 3.50. The van der Waals surface area contributed by atoms with Crippen molar-refractivity contribution in [3.05, 3.63) is 53.1 Å². The fourth-order valence-corrected chi connectivity index (χ4v) is 7.50. The molecule has 2 aliphatic heterocycles. The Kier molecular flexibility index (Phi) is 6.03. The van der Waals surface area contributed by atoms with Gasteiger partial charge in [-0.2, -0.15) is 0 Å². The first kappa shape index (κ1) is 21.5. The molecule has 2 heterocycles. The molecular weight excluding hydrogens is 422 g/mol. The molecule has 0 aromatic heterocycles. The molecule has 1 fully saturated rings. The second-order valence-corrected chi connectivity index (χ2v) is 11.7. The summed E-state index contributed by atoms with van der Waals surface area (Å²) in [5.41, 5.74) is 2.00. The standard InChI is InChI=1S/C22H27NO5S2/c1-16-14-19-7-6-18-4-2-3-5-20(18)29(24,25)22(19)15-21(16)30(26,27)23-11-8-17-9-12-28-13-10-17/h2-5,14-15,17,23H,6-13H2,1H3. The fourth-order valence-electron chi connectivity index (χ4n) is 4.33. The number of sulfonamides is 1. The summed E-state index contributed by atoms with van der Waals surface area (Å²) in [5.74, 6) is 0.450. The highest BCUT2D eigenvalue weighted by molar-refractivity contribution is 7.92. The largest absolute Gasteiger partial charge is 0.381 e. The first-order valence-corrected chi connectivity index (χ1v) is 13.3. The highest BCUT2D eigenvalue weighted by Crippen LogP contribution is 2.34. The van der Waals surface area contributed by atoms with Gasteiger partial charge in [-0.1, -0.05) is 24.3 Å². The molecule has 0 atom stereocenters. The number of hydrogen-bond donors (Lipinski definition) is 1. The lowest BCUT2D eigenvalue weighted by atomic mass is 9.97. The van der Waals surface area contributed by atoms with Crippen molar-refractivity contribution < 1.29 is 21.6 Å². The first-order valence-electron chi connectivity index (χ1n) is 10.3. The molecule has 0 spiro atoms. The maximum atomic E-state index is 13.3. The van der Waals surface area contributed by atoms with Crippen LogP contribution in [0.25, 0.3) is 0 Å². The Balaban J connectivity index is 1.64. The molecule has 8 heteroatoms. The van der Waals surface area contributed by atoms with Crippen molar-refractivity contribution in [3.8, 4) is 0 Å². The number of benzene rings is 2. The van der Waals surface area contributed by atoms with Gasteiger partial charge in [-0.15, -0.1) is 0 Å². The quantitative estimate of drug-likeness (QED) is 0.758. The van der Waals surface area contributed by atoms with Crippen molar-refractivity contribution in [1.82, 2.24) is 4.72 Å². The summed E-state index contributed by atoms with van der Waals surface area (Å²) >= 11 is 0. The Labute approximate surface area is 178 Å². The number of rotatable bonds is 5. The van der Waals surface area contributed by atoms with Crippen molar-refractivity contribution in [2.75, 3.05) is 19.8 Å². The summed E-state index contributed by atoms with van der Waals surface area (Å²) in [5, 5.41) is 0. The zero-order valence-electron chi connectivity index (χ0n) is 17.1. The lowest BCUT2D eigenvalue weighted by Crippen LogP contribution is -2.28. The third kappa shape index (κ3) is 4.19. The molecule has 2 aromatic rings. The Morgan fingerprint density at radius 3 is 2.50 bits per heavy atom. The molecule has 0 amide bonds. The number of hydrogen-bond acceptors (Lipinski definition) is 5. The average molecular weight is 450 g/mol. The first-order chi connectivity index (χ1) is 14.3. The van der Waals surface area contributed by atoms with E-state index in [-0.39, 0.29) is 14.7 Å². The second kappa shape index (κ2) is 8.42. The van der Waals surface area contributed by atoms with Crippen LogP contribution in [0.1, 0.15) is 36.0 Å². The molecule has 1 N–H and O–H groups in total. The van der Waals surface area contributed by atoms with Crippen LogP contribution in [-0.2, 0) is 37.4 Å². The van der Waals surface area contributed by atoms with Crippen LogP contribution in [0.2, 0.25) is 0 Å². The maximum absolute atomic E-state index is 13.3. The Bertz CT molecular complexity index is 1150. The molecule has 1 saturated heterocycles. The second-order valence-electron chi connectivity index (χ2n) is 8.08.